The average Bonchev–Trinajstić information content (AvgIpc) is 3.68. The number of amides is 3. The summed E-state index contributed by atoms with van der Waals surface area (Å²) in [7, 11) is 3.04. The van der Waals surface area contributed by atoms with Crippen LogP contribution in [0.15, 0.2) is 48.8 Å². The Labute approximate surface area is 304 Å². The fourth-order valence-corrected chi connectivity index (χ4v) is 8.93. The van der Waals surface area contributed by atoms with E-state index in [1.807, 2.05) is 37.5 Å². The van der Waals surface area contributed by atoms with Gasteiger partial charge in [-0.1, -0.05) is 24.6 Å². The molecule has 1 aliphatic carbocycles. The van der Waals surface area contributed by atoms with E-state index in [1.165, 1.54) is 26.4 Å². The van der Waals surface area contributed by atoms with Crippen molar-refractivity contribution >= 4 is 46.1 Å². The van der Waals surface area contributed by atoms with Crippen LogP contribution < -0.4 is 15.5 Å². The molecule has 4 aliphatic rings. The summed E-state index contributed by atoms with van der Waals surface area (Å²) in [6, 6.07) is 14.7. The van der Waals surface area contributed by atoms with Gasteiger partial charge in [0.1, 0.15) is 5.52 Å². The van der Waals surface area contributed by atoms with Gasteiger partial charge in [-0.05, 0) is 101 Å². The molecule has 52 heavy (non-hydrogen) atoms. The van der Waals surface area contributed by atoms with Crippen molar-refractivity contribution in [3.8, 4) is 11.3 Å². The normalized spacial score (nSPS) is 21.3. The fraction of sp³-hybridized carbons (Fsp3) is 0.475. The number of benzene rings is 2. The lowest BCUT2D eigenvalue weighted by molar-refractivity contribution is -0.126. The molecular weight excluding hydrogens is 656 g/mol. The molecule has 1 spiro atoms. The van der Waals surface area contributed by atoms with Crippen LogP contribution in [-0.4, -0.2) is 94.7 Å². The van der Waals surface area contributed by atoms with Crippen molar-refractivity contribution in [2.75, 3.05) is 50.6 Å². The number of methoxy groups -OCH3 is 1. The van der Waals surface area contributed by atoms with Gasteiger partial charge in [0.15, 0.2) is 5.82 Å². The zero-order chi connectivity index (χ0) is 36.1. The van der Waals surface area contributed by atoms with Gasteiger partial charge in [-0.15, -0.1) is 0 Å². The van der Waals surface area contributed by atoms with Gasteiger partial charge in [0.25, 0.3) is 5.91 Å². The van der Waals surface area contributed by atoms with Gasteiger partial charge in [0.05, 0.1) is 30.1 Å². The van der Waals surface area contributed by atoms with Gasteiger partial charge >= 0.3 is 6.09 Å². The molecular formula is C40H48N8O4. The summed E-state index contributed by atoms with van der Waals surface area (Å²) in [4.78, 5) is 56.2. The average molecular weight is 705 g/mol. The van der Waals surface area contributed by atoms with Crippen LogP contribution in [0.3, 0.4) is 0 Å². The topological polar surface area (TPSA) is 125 Å². The monoisotopic (exact) mass is 704 g/mol. The summed E-state index contributed by atoms with van der Waals surface area (Å²) in [5.74, 6) is 0.651. The first kappa shape index (κ1) is 34.1. The first-order chi connectivity index (χ1) is 25.2. The number of nitrogens with zero attached hydrogens (tertiary/aromatic N) is 6. The van der Waals surface area contributed by atoms with Crippen molar-refractivity contribution in [1.29, 1.82) is 0 Å². The van der Waals surface area contributed by atoms with Crippen LogP contribution in [0.4, 0.5) is 22.0 Å². The highest BCUT2D eigenvalue weighted by atomic mass is 16.5. The van der Waals surface area contributed by atoms with Crippen LogP contribution in [0, 0.1) is 6.92 Å². The zero-order valence-corrected chi connectivity index (χ0v) is 30.6. The lowest BCUT2D eigenvalue weighted by Crippen LogP contribution is -2.58. The Hall–Kier alpha value is -4.97. The molecule has 2 saturated heterocycles. The molecule has 5 heterocycles. The second kappa shape index (κ2) is 13.5. The molecule has 2 aromatic carbocycles. The number of aryl methyl sites for hydroxylation is 2. The summed E-state index contributed by atoms with van der Waals surface area (Å²) < 4.78 is 7.08. The van der Waals surface area contributed by atoms with Gasteiger partial charge in [0.2, 0.25) is 5.91 Å². The molecule has 12 heteroatoms. The molecule has 12 nitrogen and oxygen atoms in total. The molecule has 0 atom stereocenters. The maximum atomic E-state index is 14.8. The second-order valence-electron chi connectivity index (χ2n) is 14.8. The molecule has 272 valence electrons. The number of fused-ring (bicyclic) bond motifs is 3. The fourth-order valence-electron chi connectivity index (χ4n) is 8.93. The van der Waals surface area contributed by atoms with E-state index >= 15 is 0 Å². The van der Waals surface area contributed by atoms with Crippen molar-refractivity contribution in [2.24, 2.45) is 0 Å². The molecule has 0 unspecified atom stereocenters. The first-order valence-corrected chi connectivity index (χ1v) is 18.8. The Morgan fingerprint density at radius 3 is 2.46 bits per heavy atom. The Balaban J connectivity index is 1.17. The summed E-state index contributed by atoms with van der Waals surface area (Å²) in [5, 5.41) is 6.24. The van der Waals surface area contributed by atoms with Crippen molar-refractivity contribution in [3.05, 3.63) is 65.5 Å². The molecule has 0 bridgehead atoms. The molecule has 3 fully saturated rings. The number of nitrogens with one attached hydrogen (secondary N) is 2. The number of hydrogen-bond acceptors (Lipinski definition) is 8. The first-order valence-electron chi connectivity index (χ1n) is 18.8. The SMILES string of the molecule is CCn1cnc2cc(-c3ccc4c(c3)N([C@H]3C[C@@H](N5CCCCC5)C3)C(=O)C43CCN(C(=O)OC)CC3)nc(Nc3ccc(C)c(C(=O)NC)c3)c21. The number of carbonyl (C=O) groups excluding carboxylic acids is 3. The third kappa shape index (κ3) is 5.67. The Morgan fingerprint density at radius 1 is 0.981 bits per heavy atom. The number of ether oxygens (including phenoxy) is 1. The maximum Gasteiger partial charge on any atom is 0.409 e. The standard InChI is InChI=1S/C40H48N8O4/c1-5-45-24-42-33-23-32(44-36(35(33)45)43-27-11-9-25(2)30(20-27)37(49)41-3)26-10-12-31-34(19-26)48(29-21-28(22-29)46-15-7-6-8-16-46)38(50)40(31)13-17-47(18-14-40)39(51)52-4/h9-12,19-20,23-24,28-29H,5-8,13-18,21-22H2,1-4H3,(H,41,49)(H,43,44)/t28-,29+. The van der Waals surface area contributed by atoms with Crippen LogP contribution in [0.1, 0.15) is 73.4 Å². The maximum absolute atomic E-state index is 14.8. The Kier molecular flexibility index (Phi) is 8.89. The smallest absolute Gasteiger partial charge is 0.409 e. The number of hydrogen-bond donors (Lipinski definition) is 2. The largest absolute Gasteiger partial charge is 0.453 e. The summed E-state index contributed by atoms with van der Waals surface area (Å²) in [6.07, 6.45) is 8.36. The van der Waals surface area contributed by atoms with E-state index in [-0.39, 0.29) is 23.9 Å². The van der Waals surface area contributed by atoms with Crippen LogP contribution in [0.2, 0.25) is 0 Å². The van der Waals surface area contributed by atoms with Gasteiger partial charge in [-0.2, -0.15) is 0 Å². The molecule has 4 aromatic rings. The molecule has 0 radical (unpaired) electrons. The number of piperidine rings is 2. The molecule has 2 N–H and O–H groups in total. The molecule has 2 aromatic heterocycles. The summed E-state index contributed by atoms with van der Waals surface area (Å²) >= 11 is 0. The van der Waals surface area contributed by atoms with Crippen LogP contribution in [-0.2, 0) is 21.5 Å². The van der Waals surface area contributed by atoms with Crippen LogP contribution in [0.5, 0.6) is 0 Å². The minimum atomic E-state index is -0.674. The van der Waals surface area contributed by atoms with E-state index in [9.17, 15) is 14.4 Å². The van der Waals surface area contributed by atoms with E-state index in [2.05, 4.69) is 50.1 Å². The Bertz CT molecular complexity index is 2040. The number of imidazole rings is 1. The minimum absolute atomic E-state index is 0.135. The third-order valence-corrected chi connectivity index (χ3v) is 12.0. The van der Waals surface area contributed by atoms with Gasteiger partial charge in [0, 0.05) is 61.3 Å². The predicted octanol–water partition coefficient (Wildman–Crippen LogP) is 5.99. The number of anilines is 3. The molecule has 3 aliphatic heterocycles. The highest BCUT2D eigenvalue weighted by Gasteiger charge is 2.56. The quantitative estimate of drug-likeness (QED) is 0.240. The van der Waals surface area contributed by atoms with E-state index in [4.69, 9.17) is 14.7 Å². The van der Waals surface area contributed by atoms with Crippen LogP contribution in [0.25, 0.3) is 22.3 Å². The van der Waals surface area contributed by atoms with Gasteiger partial charge in [-0.25, -0.2) is 14.8 Å². The summed E-state index contributed by atoms with van der Waals surface area (Å²) in [6.45, 7) is 7.95. The number of aromatic nitrogens is 3. The number of pyridine rings is 1. The lowest BCUT2D eigenvalue weighted by Gasteiger charge is -2.48. The minimum Gasteiger partial charge on any atom is -0.453 e. The molecule has 8 rings (SSSR count). The zero-order valence-electron chi connectivity index (χ0n) is 30.6. The number of carbonyl (C=O) groups is 3. The third-order valence-electron chi connectivity index (χ3n) is 12.0. The van der Waals surface area contributed by atoms with Crippen LogP contribution >= 0.6 is 0 Å². The number of likely N-dealkylation sites (tertiary alicyclic amines) is 2. The van der Waals surface area contributed by atoms with Gasteiger partial charge in [-0.3, -0.25) is 9.59 Å². The second-order valence-corrected chi connectivity index (χ2v) is 14.8. The highest BCUT2D eigenvalue weighted by molar-refractivity contribution is 6.09. The predicted molar refractivity (Wildman–Crippen MR) is 201 cm³/mol. The van der Waals surface area contributed by atoms with Crippen molar-refractivity contribution in [3.63, 3.8) is 0 Å². The van der Waals surface area contributed by atoms with Crippen molar-refractivity contribution in [1.82, 2.24) is 29.7 Å². The van der Waals surface area contributed by atoms with E-state index in [1.54, 1.807) is 11.9 Å². The Morgan fingerprint density at radius 2 is 1.75 bits per heavy atom. The molecule has 1 saturated carbocycles. The molecule has 3 amide bonds. The van der Waals surface area contributed by atoms with E-state index < -0.39 is 5.41 Å². The van der Waals surface area contributed by atoms with Crippen molar-refractivity contribution < 1.29 is 19.1 Å². The van der Waals surface area contributed by atoms with E-state index in [0.29, 0.717) is 43.4 Å². The van der Waals surface area contributed by atoms with Gasteiger partial charge < -0.3 is 34.6 Å². The summed E-state index contributed by atoms with van der Waals surface area (Å²) in [5.41, 5.74) is 6.88. The lowest BCUT2D eigenvalue weighted by atomic mass is 9.73. The van der Waals surface area contributed by atoms with Crippen molar-refractivity contribution in [2.45, 2.75) is 82.8 Å². The highest BCUT2D eigenvalue weighted by Crippen LogP contribution is 2.52. The van der Waals surface area contributed by atoms with E-state index in [0.717, 1.165) is 77.3 Å². The number of rotatable bonds is 7.